The summed E-state index contributed by atoms with van der Waals surface area (Å²) in [5.74, 6) is 0.0838. The van der Waals surface area contributed by atoms with E-state index in [9.17, 15) is 4.79 Å². The van der Waals surface area contributed by atoms with Gasteiger partial charge in [0.1, 0.15) is 0 Å². The molecule has 1 aromatic rings. The number of ether oxygens (including phenoxy) is 2. The third-order valence-corrected chi connectivity index (χ3v) is 5.20. The Kier molecular flexibility index (Phi) is 6.42. The van der Waals surface area contributed by atoms with Crippen LogP contribution in [0.25, 0.3) is 0 Å². The normalized spacial score (nSPS) is 24.4. The van der Waals surface area contributed by atoms with Crippen LogP contribution >= 0.6 is 0 Å². The van der Waals surface area contributed by atoms with Gasteiger partial charge in [-0.05, 0) is 24.1 Å². The summed E-state index contributed by atoms with van der Waals surface area (Å²) in [5, 5.41) is 6.43. The van der Waals surface area contributed by atoms with Crippen LogP contribution in [0, 0.1) is 5.41 Å². The highest BCUT2D eigenvalue weighted by atomic mass is 16.5. The molecule has 6 nitrogen and oxygen atoms in total. The molecular formula is C19H29N3O3. The van der Waals surface area contributed by atoms with Gasteiger partial charge < -0.3 is 20.1 Å². The van der Waals surface area contributed by atoms with Crippen LogP contribution in [-0.2, 0) is 27.4 Å². The molecule has 0 bridgehead atoms. The molecule has 138 valence electrons. The SMILES string of the molecule is COCC1(C(=O)NCc2ccccc2CN2CCOCC2)CCNC1. The largest absolute Gasteiger partial charge is 0.384 e. The lowest BCUT2D eigenvalue weighted by atomic mass is 9.87. The first-order valence-electron chi connectivity index (χ1n) is 9.08. The zero-order valence-corrected chi connectivity index (χ0v) is 15.1. The van der Waals surface area contributed by atoms with Crippen LogP contribution in [-0.4, -0.2) is 63.9 Å². The Labute approximate surface area is 149 Å². The average Bonchev–Trinajstić information content (AvgIpc) is 3.12. The molecule has 3 rings (SSSR count). The van der Waals surface area contributed by atoms with Crippen molar-refractivity contribution in [3.05, 3.63) is 35.4 Å². The molecule has 1 amide bonds. The van der Waals surface area contributed by atoms with E-state index in [-0.39, 0.29) is 5.91 Å². The number of methoxy groups -OCH3 is 1. The van der Waals surface area contributed by atoms with Gasteiger partial charge in [0.25, 0.3) is 0 Å². The maximum absolute atomic E-state index is 12.8. The molecule has 0 spiro atoms. The Balaban J connectivity index is 1.61. The summed E-state index contributed by atoms with van der Waals surface area (Å²) in [7, 11) is 1.66. The van der Waals surface area contributed by atoms with E-state index in [1.807, 2.05) is 6.07 Å². The second-order valence-electron chi connectivity index (χ2n) is 6.98. The van der Waals surface area contributed by atoms with Crippen molar-refractivity contribution in [2.24, 2.45) is 5.41 Å². The van der Waals surface area contributed by atoms with Gasteiger partial charge >= 0.3 is 0 Å². The summed E-state index contributed by atoms with van der Waals surface area (Å²) in [6.45, 7) is 6.99. The van der Waals surface area contributed by atoms with Crippen LogP contribution in [0.2, 0.25) is 0 Å². The zero-order chi connectivity index (χ0) is 17.5. The monoisotopic (exact) mass is 347 g/mol. The molecule has 1 aromatic carbocycles. The quantitative estimate of drug-likeness (QED) is 0.763. The molecule has 0 aromatic heterocycles. The molecule has 1 atom stereocenters. The van der Waals surface area contributed by atoms with Gasteiger partial charge in [0.15, 0.2) is 0 Å². The highest BCUT2D eigenvalue weighted by Crippen LogP contribution is 2.26. The third kappa shape index (κ3) is 4.58. The number of morpholine rings is 1. The summed E-state index contributed by atoms with van der Waals surface area (Å²) in [5.41, 5.74) is 2.02. The van der Waals surface area contributed by atoms with Gasteiger partial charge in [-0.1, -0.05) is 24.3 Å². The second kappa shape index (κ2) is 8.76. The van der Waals surface area contributed by atoms with Gasteiger partial charge in [-0.3, -0.25) is 9.69 Å². The number of rotatable bonds is 7. The summed E-state index contributed by atoms with van der Waals surface area (Å²) >= 11 is 0. The van der Waals surface area contributed by atoms with Crippen LogP contribution < -0.4 is 10.6 Å². The fourth-order valence-corrected chi connectivity index (χ4v) is 3.65. The summed E-state index contributed by atoms with van der Waals surface area (Å²) < 4.78 is 10.7. The summed E-state index contributed by atoms with van der Waals surface area (Å²) in [4.78, 5) is 15.2. The Hall–Kier alpha value is -1.47. The maximum Gasteiger partial charge on any atom is 0.230 e. The van der Waals surface area contributed by atoms with E-state index < -0.39 is 5.41 Å². The highest BCUT2D eigenvalue weighted by molar-refractivity contribution is 5.83. The number of hydrogen-bond acceptors (Lipinski definition) is 5. The van der Waals surface area contributed by atoms with Crippen molar-refractivity contribution in [1.29, 1.82) is 0 Å². The summed E-state index contributed by atoms with van der Waals surface area (Å²) in [6.07, 6.45) is 0.822. The smallest absolute Gasteiger partial charge is 0.230 e. The van der Waals surface area contributed by atoms with Crippen molar-refractivity contribution in [3.63, 3.8) is 0 Å². The topological polar surface area (TPSA) is 62.8 Å². The molecule has 2 N–H and O–H groups in total. The van der Waals surface area contributed by atoms with Crippen molar-refractivity contribution in [3.8, 4) is 0 Å². The fraction of sp³-hybridized carbons (Fsp3) is 0.632. The molecule has 2 fully saturated rings. The number of carbonyl (C=O) groups is 1. The number of benzene rings is 1. The zero-order valence-electron chi connectivity index (χ0n) is 15.1. The van der Waals surface area contributed by atoms with E-state index in [2.05, 4.69) is 33.7 Å². The van der Waals surface area contributed by atoms with Crippen LogP contribution in [0.3, 0.4) is 0 Å². The second-order valence-corrected chi connectivity index (χ2v) is 6.98. The van der Waals surface area contributed by atoms with Crippen LogP contribution in [0.4, 0.5) is 0 Å². The maximum atomic E-state index is 12.8. The third-order valence-electron chi connectivity index (χ3n) is 5.20. The first kappa shape index (κ1) is 18.3. The van der Waals surface area contributed by atoms with E-state index in [1.54, 1.807) is 7.11 Å². The van der Waals surface area contributed by atoms with Crippen molar-refractivity contribution in [1.82, 2.24) is 15.5 Å². The van der Waals surface area contributed by atoms with Crippen LogP contribution in [0.5, 0.6) is 0 Å². The fourth-order valence-electron chi connectivity index (χ4n) is 3.65. The Morgan fingerprint density at radius 1 is 1.32 bits per heavy atom. The molecule has 2 heterocycles. The molecule has 6 heteroatoms. The van der Waals surface area contributed by atoms with Crippen molar-refractivity contribution in [2.45, 2.75) is 19.5 Å². The molecule has 0 radical (unpaired) electrons. The van der Waals surface area contributed by atoms with E-state index in [0.717, 1.165) is 45.8 Å². The number of carbonyl (C=O) groups excluding carboxylic acids is 1. The minimum Gasteiger partial charge on any atom is -0.384 e. The van der Waals surface area contributed by atoms with Gasteiger partial charge in [-0.15, -0.1) is 0 Å². The molecule has 25 heavy (non-hydrogen) atoms. The molecule has 2 saturated heterocycles. The molecular weight excluding hydrogens is 318 g/mol. The van der Waals surface area contributed by atoms with Gasteiger partial charge in [-0.25, -0.2) is 0 Å². The molecule has 0 saturated carbocycles. The first-order chi connectivity index (χ1) is 12.2. The predicted octanol–water partition coefficient (Wildman–Crippen LogP) is 0.761. The lowest BCUT2D eigenvalue weighted by Crippen LogP contribution is -2.45. The number of amides is 1. The standard InChI is InChI=1S/C19H29N3O3/c1-24-15-19(6-7-20-14-19)18(23)21-12-16-4-2-3-5-17(16)13-22-8-10-25-11-9-22/h2-5,20H,6-15H2,1H3,(H,21,23). The molecule has 2 aliphatic rings. The van der Waals surface area contributed by atoms with Gasteiger partial charge in [-0.2, -0.15) is 0 Å². The Morgan fingerprint density at radius 3 is 2.76 bits per heavy atom. The average molecular weight is 347 g/mol. The molecule has 2 aliphatic heterocycles. The minimum atomic E-state index is -0.437. The van der Waals surface area contributed by atoms with E-state index in [1.165, 1.54) is 11.1 Å². The van der Waals surface area contributed by atoms with Gasteiger partial charge in [0.2, 0.25) is 5.91 Å². The van der Waals surface area contributed by atoms with Crippen molar-refractivity contribution >= 4 is 5.91 Å². The van der Waals surface area contributed by atoms with E-state index in [4.69, 9.17) is 9.47 Å². The van der Waals surface area contributed by atoms with Crippen molar-refractivity contribution in [2.75, 3.05) is 53.1 Å². The Morgan fingerprint density at radius 2 is 2.08 bits per heavy atom. The number of nitrogens with zero attached hydrogens (tertiary/aromatic N) is 1. The Bertz CT molecular complexity index is 567. The van der Waals surface area contributed by atoms with E-state index >= 15 is 0 Å². The number of nitrogens with one attached hydrogen (secondary N) is 2. The highest BCUT2D eigenvalue weighted by Gasteiger charge is 2.41. The first-order valence-corrected chi connectivity index (χ1v) is 9.08. The lowest BCUT2D eigenvalue weighted by molar-refractivity contribution is -0.133. The molecule has 1 unspecified atom stereocenters. The van der Waals surface area contributed by atoms with E-state index in [0.29, 0.717) is 19.7 Å². The van der Waals surface area contributed by atoms with Crippen LogP contribution in [0.15, 0.2) is 24.3 Å². The van der Waals surface area contributed by atoms with Gasteiger partial charge in [0.05, 0.1) is 25.2 Å². The lowest BCUT2D eigenvalue weighted by Gasteiger charge is -2.28. The summed E-state index contributed by atoms with van der Waals surface area (Å²) in [6, 6.07) is 8.35. The van der Waals surface area contributed by atoms with Crippen LogP contribution in [0.1, 0.15) is 17.5 Å². The number of hydrogen-bond donors (Lipinski definition) is 2. The minimum absolute atomic E-state index is 0.0838. The van der Waals surface area contributed by atoms with Gasteiger partial charge in [0, 0.05) is 39.8 Å². The predicted molar refractivity (Wildman–Crippen MR) is 96.2 cm³/mol. The van der Waals surface area contributed by atoms with Crippen molar-refractivity contribution < 1.29 is 14.3 Å². The molecule has 0 aliphatic carbocycles.